The second kappa shape index (κ2) is 5.68. The van der Waals surface area contributed by atoms with Crippen LogP contribution in [-0.2, 0) is 4.79 Å². The van der Waals surface area contributed by atoms with Crippen LogP contribution < -0.4 is 5.32 Å². The molecule has 0 unspecified atom stereocenters. The number of anilines is 1. The number of carbonyl (C=O) groups is 1. The molecule has 0 bridgehead atoms. The second-order valence-corrected chi connectivity index (χ2v) is 5.01. The zero-order valence-corrected chi connectivity index (χ0v) is 10.7. The maximum Gasteiger partial charge on any atom is 0.224 e. The van der Waals surface area contributed by atoms with Crippen LogP contribution in [-0.4, -0.2) is 5.91 Å². The lowest BCUT2D eigenvalue weighted by Gasteiger charge is -2.11. The Morgan fingerprint density at radius 3 is 2.83 bits per heavy atom. The molecule has 0 aliphatic heterocycles. The fourth-order valence-electron chi connectivity index (χ4n) is 2.60. The summed E-state index contributed by atoms with van der Waals surface area (Å²) in [6.07, 6.45) is 5.38. The van der Waals surface area contributed by atoms with Gasteiger partial charge in [0.2, 0.25) is 5.91 Å². The number of carbonyl (C=O) groups excluding carboxylic acids is 1. The van der Waals surface area contributed by atoms with Gasteiger partial charge in [-0.1, -0.05) is 25.0 Å². The van der Waals surface area contributed by atoms with Crippen molar-refractivity contribution in [2.75, 3.05) is 5.32 Å². The van der Waals surface area contributed by atoms with Gasteiger partial charge in [-0.3, -0.25) is 4.79 Å². The Bertz CT molecular complexity index is 482. The number of rotatable bonds is 3. The maximum atomic E-state index is 11.9. The fourth-order valence-corrected chi connectivity index (χ4v) is 2.60. The first-order valence-electron chi connectivity index (χ1n) is 6.50. The van der Waals surface area contributed by atoms with Crippen molar-refractivity contribution >= 4 is 11.6 Å². The minimum absolute atomic E-state index is 0.0315. The van der Waals surface area contributed by atoms with Gasteiger partial charge in [-0.25, -0.2) is 0 Å². The summed E-state index contributed by atoms with van der Waals surface area (Å²) in [4.78, 5) is 11.9. The third-order valence-electron chi connectivity index (χ3n) is 3.61. The average molecular weight is 242 g/mol. The number of hydrogen-bond acceptors (Lipinski definition) is 2. The van der Waals surface area contributed by atoms with E-state index in [0.717, 1.165) is 18.4 Å². The molecule has 1 aliphatic rings. The molecule has 3 nitrogen and oxygen atoms in total. The molecule has 1 amide bonds. The van der Waals surface area contributed by atoms with E-state index in [0.29, 0.717) is 23.6 Å². The second-order valence-electron chi connectivity index (χ2n) is 5.01. The van der Waals surface area contributed by atoms with E-state index in [1.165, 1.54) is 12.8 Å². The number of hydrogen-bond donors (Lipinski definition) is 1. The Kier molecular flexibility index (Phi) is 3.99. The summed E-state index contributed by atoms with van der Waals surface area (Å²) < 4.78 is 0. The van der Waals surface area contributed by atoms with Gasteiger partial charge < -0.3 is 5.32 Å². The van der Waals surface area contributed by atoms with Crippen molar-refractivity contribution < 1.29 is 4.79 Å². The van der Waals surface area contributed by atoms with Gasteiger partial charge in [-0.2, -0.15) is 5.26 Å². The van der Waals surface area contributed by atoms with E-state index < -0.39 is 0 Å². The fraction of sp³-hybridized carbons (Fsp3) is 0.467. The van der Waals surface area contributed by atoms with Crippen LogP contribution in [0.5, 0.6) is 0 Å². The van der Waals surface area contributed by atoms with Crippen LogP contribution in [0.1, 0.15) is 43.2 Å². The van der Waals surface area contributed by atoms with E-state index in [1.54, 1.807) is 6.07 Å². The van der Waals surface area contributed by atoms with E-state index in [-0.39, 0.29) is 5.91 Å². The molecule has 0 heterocycles. The SMILES string of the molecule is Cc1cccc(NC(=O)CC2CCCC2)c1C#N. The lowest BCUT2D eigenvalue weighted by Crippen LogP contribution is -2.16. The summed E-state index contributed by atoms with van der Waals surface area (Å²) in [6.45, 7) is 1.88. The summed E-state index contributed by atoms with van der Waals surface area (Å²) in [5.41, 5.74) is 2.11. The van der Waals surface area contributed by atoms with E-state index in [2.05, 4.69) is 11.4 Å². The number of benzene rings is 1. The van der Waals surface area contributed by atoms with Gasteiger partial charge in [0.25, 0.3) is 0 Å². The van der Waals surface area contributed by atoms with Gasteiger partial charge >= 0.3 is 0 Å². The zero-order chi connectivity index (χ0) is 13.0. The van der Waals surface area contributed by atoms with Crippen molar-refractivity contribution in [1.29, 1.82) is 5.26 Å². The lowest BCUT2D eigenvalue weighted by atomic mass is 10.0. The van der Waals surface area contributed by atoms with E-state index in [1.807, 2.05) is 19.1 Å². The van der Waals surface area contributed by atoms with Gasteiger partial charge in [0.15, 0.2) is 0 Å². The highest BCUT2D eigenvalue weighted by Gasteiger charge is 2.19. The molecule has 3 heteroatoms. The Hall–Kier alpha value is -1.82. The monoisotopic (exact) mass is 242 g/mol. The van der Waals surface area contributed by atoms with Crippen molar-refractivity contribution in [3.8, 4) is 6.07 Å². The predicted octanol–water partition coefficient (Wildman–Crippen LogP) is 3.39. The van der Waals surface area contributed by atoms with Crippen molar-refractivity contribution in [3.63, 3.8) is 0 Å². The summed E-state index contributed by atoms with van der Waals surface area (Å²) in [6, 6.07) is 7.68. The largest absolute Gasteiger partial charge is 0.325 e. The summed E-state index contributed by atoms with van der Waals surface area (Å²) in [5, 5.41) is 12.0. The van der Waals surface area contributed by atoms with Gasteiger partial charge in [-0.15, -0.1) is 0 Å². The van der Waals surface area contributed by atoms with Crippen molar-refractivity contribution in [2.45, 2.75) is 39.0 Å². The third-order valence-corrected chi connectivity index (χ3v) is 3.61. The van der Waals surface area contributed by atoms with E-state index in [4.69, 9.17) is 5.26 Å². The van der Waals surface area contributed by atoms with Crippen LogP contribution in [0.25, 0.3) is 0 Å². The first-order valence-corrected chi connectivity index (χ1v) is 6.50. The molecule has 18 heavy (non-hydrogen) atoms. The molecular weight excluding hydrogens is 224 g/mol. The molecule has 0 saturated heterocycles. The molecule has 0 aromatic heterocycles. The quantitative estimate of drug-likeness (QED) is 0.883. The standard InChI is InChI=1S/C15H18N2O/c1-11-5-4-8-14(13(11)10-16)17-15(18)9-12-6-2-3-7-12/h4-5,8,12H,2-3,6-7,9H2,1H3,(H,17,18). The molecule has 1 aromatic rings. The molecule has 1 N–H and O–H groups in total. The molecule has 2 rings (SSSR count). The number of nitriles is 1. The molecule has 1 fully saturated rings. The summed E-state index contributed by atoms with van der Waals surface area (Å²) >= 11 is 0. The molecule has 1 aromatic carbocycles. The van der Waals surface area contributed by atoms with Crippen LogP contribution in [0.3, 0.4) is 0 Å². The minimum Gasteiger partial charge on any atom is -0.325 e. The van der Waals surface area contributed by atoms with Crippen LogP contribution in [0.4, 0.5) is 5.69 Å². The number of aryl methyl sites for hydroxylation is 1. The third kappa shape index (κ3) is 2.89. The Balaban J connectivity index is 2.02. The van der Waals surface area contributed by atoms with Gasteiger partial charge in [0.1, 0.15) is 6.07 Å². The summed E-state index contributed by atoms with van der Waals surface area (Å²) in [5.74, 6) is 0.560. The number of nitrogens with zero attached hydrogens (tertiary/aromatic N) is 1. The smallest absolute Gasteiger partial charge is 0.224 e. The van der Waals surface area contributed by atoms with Crippen LogP contribution >= 0.6 is 0 Å². The molecule has 0 radical (unpaired) electrons. The highest BCUT2D eigenvalue weighted by molar-refractivity contribution is 5.92. The molecule has 0 spiro atoms. The van der Waals surface area contributed by atoms with Crippen molar-refractivity contribution in [2.24, 2.45) is 5.92 Å². The van der Waals surface area contributed by atoms with Crippen LogP contribution in [0.2, 0.25) is 0 Å². The highest BCUT2D eigenvalue weighted by atomic mass is 16.1. The van der Waals surface area contributed by atoms with Crippen molar-refractivity contribution in [1.82, 2.24) is 0 Å². The first-order chi connectivity index (χ1) is 8.70. The van der Waals surface area contributed by atoms with Gasteiger partial charge in [-0.05, 0) is 37.3 Å². The normalized spacial score (nSPS) is 15.3. The first kappa shape index (κ1) is 12.6. The Morgan fingerprint density at radius 2 is 2.17 bits per heavy atom. The molecule has 1 saturated carbocycles. The van der Waals surface area contributed by atoms with Crippen LogP contribution in [0.15, 0.2) is 18.2 Å². The zero-order valence-electron chi connectivity index (χ0n) is 10.7. The summed E-state index contributed by atoms with van der Waals surface area (Å²) in [7, 11) is 0. The van der Waals surface area contributed by atoms with Gasteiger partial charge in [0.05, 0.1) is 11.3 Å². The highest BCUT2D eigenvalue weighted by Crippen LogP contribution is 2.28. The van der Waals surface area contributed by atoms with Crippen LogP contribution in [0, 0.1) is 24.2 Å². The topological polar surface area (TPSA) is 52.9 Å². The molecule has 0 atom stereocenters. The lowest BCUT2D eigenvalue weighted by molar-refractivity contribution is -0.117. The van der Waals surface area contributed by atoms with E-state index >= 15 is 0 Å². The molecule has 94 valence electrons. The number of nitrogens with one attached hydrogen (secondary N) is 1. The van der Waals surface area contributed by atoms with Gasteiger partial charge in [0, 0.05) is 6.42 Å². The molecule has 1 aliphatic carbocycles. The Labute approximate surface area is 108 Å². The molecular formula is C15H18N2O. The predicted molar refractivity (Wildman–Crippen MR) is 71.1 cm³/mol. The van der Waals surface area contributed by atoms with Crippen molar-refractivity contribution in [3.05, 3.63) is 29.3 Å². The van der Waals surface area contributed by atoms with E-state index in [9.17, 15) is 4.79 Å². The minimum atomic E-state index is 0.0315. The average Bonchev–Trinajstić information content (AvgIpc) is 2.82. The Morgan fingerprint density at radius 1 is 1.44 bits per heavy atom. The number of amides is 1. The maximum absolute atomic E-state index is 11.9.